The molecule has 0 radical (unpaired) electrons. The topological polar surface area (TPSA) is 60.8 Å². The molecule has 19 heavy (non-hydrogen) atoms. The summed E-state index contributed by atoms with van der Waals surface area (Å²) >= 11 is 1.72. The standard InChI is InChI=1S/C14H13NO3S/c16-11-5-10(6-12(17)7-11)14(18)15-3-1-13-9(8-15)2-4-19-13/h2,4-7,16-17H,1,3,8H2. The quantitative estimate of drug-likeness (QED) is 0.840. The molecule has 0 saturated carbocycles. The summed E-state index contributed by atoms with van der Waals surface area (Å²) in [5.41, 5.74) is 1.50. The number of amides is 1. The molecule has 3 rings (SSSR count). The third kappa shape index (κ3) is 2.29. The summed E-state index contributed by atoms with van der Waals surface area (Å²) in [6.07, 6.45) is 0.865. The monoisotopic (exact) mass is 275 g/mol. The zero-order valence-electron chi connectivity index (χ0n) is 10.2. The van der Waals surface area contributed by atoms with Crippen LogP contribution in [0.5, 0.6) is 11.5 Å². The summed E-state index contributed by atoms with van der Waals surface area (Å²) in [4.78, 5) is 15.4. The minimum Gasteiger partial charge on any atom is -0.508 e. The van der Waals surface area contributed by atoms with Crippen molar-refractivity contribution in [1.29, 1.82) is 0 Å². The van der Waals surface area contributed by atoms with Gasteiger partial charge in [-0.2, -0.15) is 0 Å². The van der Waals surface area contributed by atoms with E-state index in [4.69, 9.17) is 0 Å². The van der Waals surface area contributed by atoms with Crippen LogP contribution >= 0.6 is 11.3 Å². The van der Waals surface area contributed by atoms with Crippen molar-refractivity contribution in [2.45, 2.75) is 13.0 Å². The molecule has 1 amide bonds. The fraction of sp³-hybridized carbons (Fsp3) is 0.214. The fourth-order valence-electron chi connectivity index (χ4n) is 2.32. The lowest BCUT2D eigenvalue weighted by molar-refractivity contribution is 0.0735. The molecule has 0 spiro atoms. The molecule has 98 valence electrons. The van der Waals surface area contributed by atoms with Gasteiger partial charge in [-0.3, -0.25) is 4.79 Å². The average Bonchev–Trinajstić information content (AvgIpc) is 2.83. The first-order valence-electron chi connectivity index (χ1n) is 6.01. The van der Waals surface area contributed by atoms with Crippen molar-refractivity contribution < 1.29 is 15.0 Å². The second-order valence-electron chi connectivity index (χ2n) is 4.58. The van der Waals surface area contributed by atoms with E-state index >= 15 is 0 Å². The maximum Gasteiger partial charge on any atom is 0.254 e. The van der Waals surface area contributed by atoms with Crippen LogP contribution in [0.4, 0.5) is 0 Å². The zero-order chi connectivity index (χ0) is 13.4. The molecule has 0 atom stereocenters. The number of hydrogen-bond donors (Lipinski definition) is 2. The van der Waals surface area contributed by atoms with Crippen molar-refractivity contribution in [2.75, 3.05) is 6.54 Å². The molecule has 1 aliphatic rings. The summed E-state index contributed by atoms with van der Waals surface area (Å²) in [5, 5.41) is 20.9. The van der Waals surface area contributed by atoms with Gasteiger partial charge in [-0.15, -0.1) is 11.3 Å². The van der Waals surface area contributed by atoms with Crippen LogP contribution in [0.15, 0.2) is 29.6 Å². The first kappa shape index (κ1) is 12.0. The number of nitrogens with zero attached hydrogens (tertiary/aromatic N) is 1. The molecule has 0 bridgehead atoms. The smallest absolute Gasteiger partial charge is 0.254 e. The highest BCUT2D eigenvalue weighted by atomic mass is 32.1. The van der Waals surface area contributed by atoms with Gasteiger partial charge in [-0.25, -0.2) is 0 Å². The lowest BCUT2D eigenvalue weighted by atomic mass is 10.1. The van der Waals surface area contributed by atoms with E-state index in [9.17, 15) is 15.0 Å². The number of phenolic OH excluding ortho intramolecular Hbond substituents is 2. The van der Waals surface area contributed by atoms with Gasteiger partial charge in [0.2, 0.25) is 0 Å². The average molecular weight is 275 g/mol. The van der Waals surface area contributed by atoms with Crippen LogP contribution < -0.4 is 0 Å². The van der Waals surface area contributed by atoms with Crippen molar-refractivity contribution in [3.05, 3.63) is 45.6 Å². The molecular formula is C14H13NO3S. The Morgan fingerprint density at radius 1 is 1.21 bits per heavy atom. The van der Waals surface area contributed by atoms with Gasteiger partial charge in [0.05, 0.1) is 0 Å². The molecule has 1 aliphatic heterocycles. The van der Waals surface area contributed by atoms with E-state index < -0.39 is 0 Å². The van der Waals surface area contributed by atoms with E-state index in [1.165, 1.54) is 28.6 Å². The van der Waals surface area contributed by atoms with Gasteiger partial charge in [0, 0.05) is 29.6 Å². The van der Waals surface area contributed by atoms with E-state index in [1.54, 1.807) is 16.2 Å². The van der Waals surface area contributed by atoms with Crippen LogP contribution in [0.2, 0.25) is 0 Å². The lowest BCUT2D eigenvalue weighted by Crippen LogP contribution is -2.35. The van der Waals surface area contributed by atoms with Crippen LogP contribution in [0.3, 0.4) is 0 Å². The Morgan fingerprint density at radius 2 is 1.95 bits per heavy atom. The summed E-state index contributed by atoms with van der Waals surface area (Å²) in [7, 11) is 0. The maximum atomic E-state index is 12.3. The highest BCUT2D eigenvalue weighted by Crippen LogP contribution is 2.27. The largest absolute Gasteiger partial charge is 0.508 e. The molecular weight excluding hydrogens is 262 g/mol. The molecule has 2 N–H and O–H groups in total. The second kappa shape index (κ2) is 4.59. The highest BCUT2D eigenvalue weighted by molar-refractivity contribution is 7.10. The van der Waals surface area contributed by atoms with Gasteiger partial charge in [-0.1, -0.05) is 0 Å². The number of phenols is 2. The van der Waals surface area contributed by atoms with Crippen molar-refractivity contribution >= 4 is 17.2 Å². The number of carbonyl (C=O) groups excluding carboxylic acids is 1. The first-order chi connectivity index (χ1) is 9.13. The van der Waals surface area contributed by atoms with E-state index in [0.717, 1.165) is 6.42 Å². The van der Waals surface area contributed by atoms with Crippen molar-refractivity contribution in [2.24, 2.45) is 0 Å². The van der Waals surface area contributed by atoms with Gasteiger partial charge in [0.25, 0.3) is 5.91 Å². The summed E-state index contributed by atoms with van der Waals surface area (Å²) in [6, 6.07) is 6.01. The minimum absolute atomic E-state index is 0.100. The van der Waals surface area contributed by atoms with Crippen LogP contribution in [-0.4, -0.2) is 27.6 Å². The van der Waals surface area contributed by atoms with Crippen LogP contribution in [0, 0.1) is 0 Å². The second-order valence-corrected chi connectivity index (χ2v) is 5.58. The predicted octanol–water partition coefficient (Wildman–Crippen LogP) is 2.36. The number of thiophene rings is 1. The Bertz CT molecular complexity index is 615. The number of carbonyl (C=O) groups is 1. The molecule has 0 unspecified atom stereocenters. The summed E-state index contributed by atoms with van der Waals surface area (Å²) < 4.78 is 0. The third-order valence-corrected chi connectivity index (χ3v) is 4.27. The van der Waals surface area contributed by atoms with E-state index in [2.05, 4.69) is 0 Å². The van der Waals surface area contributed by atoms with Crippen LogP contribution in [0.25, 0.3) is 0 Å². The summed E-state index contributed by atoms with van der Waals surface area (Å²) in [5.74, 6) is -0.365. The fourth-order valence-corrected chi connectivity index (χ4v) is 3.21. The van der Waals surface area contributed by atoms with Crippen molar-refractivity contribution in [3.63, 3.8) is 0 Å². The van der Waals surface area contributed by atoms with Gasteiger partial charge < -0.3 is 15.1 Å². The van der Waals surface area contributed by atoms with E-state index in [1.807, 2.05) is 11.4 Å². The minimum atomic E-state index is -0.164. The van der Waals surface area contributed by atoms with Crippen LogP contribution in [-0.2, 0) is 13.0 Å². The first-order valence-corrected chi connectivity index (χ1v) is 6.89. The number of fused-ring (bicyclic) bond motifs is 1. The molecule has 2 heterocycles. The van der Waals surface area contributed by atoms with E-state index in [0.29, 0.717) is 18.7 Å². The normalized spacial score (nSPS) is 14.2. The number of benzene rings is 1. The van der Waals surface area contributed by atoms with Crippen molar-refractivity contribution in [1.82, 2.24) is 4.90 Å². The van der Waals surface area contributed by atoms with Crippen LogP contribution in [0.1, 0.15) is 20.8 Å². The Balaban J connectivity index is 1.85. The Kier molecular flexibility index (Phi) is 2.91. The molecule has 0 fully saturated rings. The van der Waals surface area contributed by atoms with Gasteiger partial charge in [0.1, 0.15) is 11.5 Å². The number of rotatable bonds is 1. The predicted molar refractivity (Wildman–Crippen MR) is 72.5 cm³/mol. The Morgan fingerprint density at radius 3 is 2.68 bits per heavy atom. The number of hydrogen-bond acceptors (Lipinski definition) is 4. The molecule has 5 heteroatoms. The van der Waals surface area contributed by atoms with Crippen molar-refractivity contribution in [3.8, 4) is 11.5 Å². The molecule has 1 aromatic heterocycles. The molecule has 1 aromatic carbocycles. The molecule has 0 aliphatic carbocycles. The Labute approximate surface area is 114 Å². The summed E-state index contributed by atoms with van der Waals surface area (Å²) in [6.45, 7) is 1.26. The lowest BCUT2D eigenvalue weighted by Gasteiger charge is -2.27. The molecule has 2 aromatic rings. The molecule has 4 nitrogen and oxygen atoms in total. The van der Waals surface area contributed by atoms with Gasteiger partial charge >= 0.3 is 0 Å². The number of aromatic hydroxyl groups is 2. The maximum absolute atomic E-state index is 12.3. The van der Waals surface area contributed by atoms with Gasteiger partial charge in [-0.05, 0) is 35.6 Å². The zero-order valence-corrected chi connectivity index (χ0v) is 11.0. The van der Waals surface area contributed by atoms with E-state index in [-0.39, 0.29) is 17.4 Å². The SMILES string of the molecule is O=C(c1cc(O)cc(O)c1)N1CCc2sccc2C1. The third-order valence-electron chi connectivity index (χ3n) is 3.24. The van der Waals surface area contributed by atoms with Gasteiger partial charge in [0.15, 0.2) is 0 Å². The highest BCUT2D eigenvalue weighted by Gasteiger charge is 2.23. The Hall–Kier alpha value is -2.01. The molecule has 0 saturated heterocycles.